The summed E-state index contributed by atoms with van der Waals surface area (Å²) in [6.45, 7) is 3.29. The highest BCUT2D eigenvalue weighted by Crippen LogP contribution is 2.11. The molecule has 0 aliphatic rings. The average Bonchev–Trinajstić information content (AvgIpc) is 2.66. The molecule has 0 aromatic carbocycles. The van der Waals surface area contributed by atoms with Crippen LogP contribution in [0.4, 0.5) is 0 Å². The van der Waals surface area contributed by atoms with Crippen molar-refractivity contribution < 1.29 is 9.09 Å². The molecule has 0 spiro atoms. The number of hydrogen-bond acceptors (Lipinski definition) is 4. The van der Waals surface area contributed by atoms with Gasteiger partial charge in [0.2, 0.25) is 0 Å². The number of nitrogens with one attached hydrogen (secondary N) is 1. The smallest absolute Gasteiger partial charge is 0.251 e. The molecule has 1 N–H and O–H groups in total. The van der Waals surface area contributed by atoms with E-state index in [2.05, 4.69) is 26.8 Å². The van der Waals surface area contributed by atoms with Gasteiger partial charge in [-0.05, 0) is 11.0 Å². The Morgan fingerprint density at radius 1 is 1.67 bits per heavy atom. The van der Waals surface area contributed by atoms with Crippen molar-refractivity contribution in [2.24, 2.45) is 0 Å². The molecule has 84 valence electrons. The van der Waals surface area contributed by atoms with E-state index in [0.29, 0.717) is 13.1 Å². The summed E-state index contributed by atoms with van der Waals surface area (Å²) >= 11 is 0. The van der Waals surface area contributed by atoms with E-state index in [1.807, 2.05) is 6.20 Å². The number of aryl methyl sites for hydroxylation is 1. The van der Waals surface area contributed by atoms with Gasteiger partial charge in [-0.25, -0.2) is 0 Å². The van der Waals surface area contributed by atoms with Crippen LogP contribution < -0.4 is 5.09 Å². The molecule has 0 aliphatic carbocycles. The quantitative estimate of drug-likeness (QED) is 0.712. The molecule has 15 heavy (non-hydrogen) atoms. The van der Waals surface area contributed by atoms with Crippen molar-refractivity contribution in [1.29, 1.82) is 0 Å². The summed E-state index contributed by atoms with van der Waals surface area (Å²) in [5.41, 5.74) is 0.994. The van der Waals surface area contributed by atoms with Crippen LogP contribution >= 0.6 is 8.18 Å². The van der Waals surface area contributed by atoms with Crippen molar-refractivity contribution in [2.45, 2.75) is 26.3 Å². The molecule has 1 aromatic rings. The third-order valence-electron chi connectivity index (χ3n) is 1.84. The second-order valence-electron chi connectivity index (χ2n) is 3.07. The molecule has 1 heterocycles. The highest BCUT2D eigenvalue weighted by Gasteiger charge is 2.12. The molecule has 1 rings (SSSR count). The van der Waals surface area contributed by atoms with Crippen molar-refractivity contribution in [3.05, 3.63) is 11.9 Å². The van der Waals surface area contributed by atoms with E-state index in [9.17, 15) is 4.57 Å². The number of hydrogen-bond donors (Lipinski definition) is 1. The Balaban J connectivity index is 2.28. The molecule has 0 amide bonds. The minimum absolute atomic E-state index is 0.554. The highest BCUT2D eigenvalue weighted by atomic mass is 31.1. The SMILES string of the molecule is CCCc1cn(CCN[P+](=O)OC)nn1. The second-order valence-corrected chi connectivity index (χ2v) is 4.27. The van der Waals surface area contributed by atoms with E-state index in [1.165, 1.54) is 7.11 Å². The van der Waals surface area contributed by atoms with Crippen LogP contribution in [0.15, 0.2) is 6.20 Å². The first kappa shape index (κ1) is 12.2. The van der Waals surface area contributed by atoms with Crippen LogP contribution in [0, 0.1) is 0 Å². The minimum atomic E-state index is -1.74. The van der Waals surface area contributed by atoms with Gasteiger partial charge in [-0.3, -0.25) is 4.68 Å². The van der Waals surface area contributed by atoms with E-state index < -0.39 is 8.18 Å². The molecular formula is C8H16N4O2P+. The number of aromatic nitrogens is 3. The third kappa shape index (κ3) is 4.46. The van der Waals surface area contributed by atoms with Gasteiger partial charge in [0.25, 0.3) is 0 Å². The third-order valence-corrected chi connectivity index (χ3v) is 2.65. The van der Waals surface area contributed by atoms with Gasteiger partial charge < -0.3 is 0 Å². The van der Waals surface area contributed by atoms with Gasteiger partial charge in [-0.2, -0.15) is 0 Å². The minimum Gasteiger partial charge on any atom is -0.251 e. The van der Waals surface area contributed by atoms with Gasteiger partial charge in [0, 0.05) is 6.20 Å². The molecule has 0 saturated carbocycles. The summed E-state index contributed by atoms with van der Waals surface area (Å²) in [5, 5.41) is 10.7. The normalized spacial score (nSPS) is 11.7. The van der Waals surface area contributed by atoms with Crippen LogP contribution in [0.2, 0.25) is 0 Å². The zero-order chi connectivity index (χ0) is 11.1. The molecular weight excluding hydrogens is 215 g/mol. The van der Waals surface area contributed by atoms with Gasteiger partial charge >= 0.3 is 8.18 Å². The lowest BCUT2D eigenvalue weighted by Crippen LogP contribution is -2.14. The zero-order valence-electron chi connectivity index (χ0n) is 9.01. The van der Waals surface area contributed by atoms with Crippen LogP contribution in [0.25, 0.3) is 0 Å². The second kappa shape index (κ2) is 6.61. The Bertz CT molecular complexity index is 315. The van der Waals surface area contributed by atoms with Crippen molar-refractivity contribution >= 4 is 8.18 Å². The average molecular weight is 231 g/mol. The van der Waals surface area contributed by atoms with Crippen molar-refractivity contribution in [3.63, 3.8) is 0 Å². The fourth-order valence-corrected chi connectivity index (χ4v) is 1.55. The Labute approximate surface area is 89.9 Å². The van der Waals surface area contributed by atoms with E-state index in [4.69, 9.17) is 0 Å². The summed E-state index contributed by atoms with van der Waals surface area (Å²) in [7, 11) is -0.333. The number of rotatable bonds is 7. The van der Waals surface area contributed by atoms with Gasteiger partial charge in [-0.15, -0.1) is 9.62 Å². The molecule has 7 heteroatoms. The summed E-state index contributed by atoms with van der Waals surface area (Å²) in [4.78, 5) is 0. The van der Waals surface area contributed by atoms with Gasteiger partial charge in [-0.1, -0.05) is 23.6 Å². The molecule has 1 atom stereocenters. The lowest BCUT2D eigenvalue weighted by atomic mass is 10.3. The van der Waals surface area contributed by atoms with Crippen molar-refractivity contribution in [2.75, 3.05) is 13.7 Å². The molecule has 0 bridgehead atoms. The van der Waals surface area contributed by atoms with Crippen LogP contribution in [0.5, 0.6) is 0 Å². The first-order valence-corrected chi connectivity index (χ1v) is 6.08. The molecule has 1 aromatic heterocycles. The lowest BCUT2D eigenvalue weighted by Gasteiger charge is -1.94. The molecule has 1 unspecified atom stereocenters. The van der Waals surface area contributed by atoms with Crippen LogP contribution in [0.1, 0.15) is 19.0 Å². The maximum Gasteiger partial charge on any atom is 0.612 e. The monoisotopic (exact) mass is 231 g/mol. The summed E-state index contributed by atoms with van der Waals surface area (Å²) < 4.78 is 17.2. The summed E-state index contributed by atoms with van der Waals surface area (Å²) in [5.74, 6) is 0. The van der Waals surface area contributed by atoms with Crippen LogP contribution in [0.3, 0.4) is 0 Å². The predicted molar refractivity (Wildman–Crippen MR) is 56.6 cm³/mol. The van der Waals surface area contributed by atoms with Gasteiger partial charge in [0.1, 0.15) is 0 Å². The Morgan fingerprint density at radius 3 is 3.13 bits per heavy atom. The van der Waals surface area contributed by atoms with E-state index in [1.54, 1.807) is 4.68 Å². The van der Waals surface area contributed by atoms with Crippen molar-refractivity contribution in [3.8, 4) is 0 Å². The zero-order valence-corrected chi connectivity index (χ0v) is 9.91. The molecule has 0 saturated heterocycles. The van der Waals surface area contributed by atoms with E-state index in [0.717, 1.165) is 18.5 Å². The largest absolute Gasteiger partial charge is 0.612 e. The van der Waals surface area contributed by atoms with E-state index in [-0.39, 0.29) is 0 Å². The molecule has 6 nitrogen and oxygen atoms in total. The summed E-state index contributed by atoms with van der Waals surface area (Å²) in [6, 6.07) is 0. The highest BCUT2D eigenvalue weighted by molar-refractivity contribution is 7.36. The number of nitrogens with zero attached hydrogens (tertiary/aromatic N) is 3. The summed E-state index contributed by atoms with van der Waals surface area (Å²) in [6.07, 6.45) is 3.91. The Kier molecular flexibility index (Phi) is 5.39. The topological polar surface area (TPSA) is 69.0 Å². The maximum atomic E-state index is 10.9. The first-order chi connectivity index (χ1) is 7.26. The van der Waals surface area contributed by atoms with Gasteiger partial charge in [0.15, 0.2) is 0 Å². The lowest BCUT2D eigenvalue weighted by molar-refractivity contribution is 0.402. The fourth-order valence-electron chi connectivity index (χ4n) is 1.14. The van der Waals surface area contributed by atoms with E-state index >= 15 is 0 Å². The fraction of sp³-hybridized carbons (Fsp3) is 0.750. The molecule has 0 radical (unpaired) electrons. The molecule has 0 aliphatic heterocycles. The van der Waals surface area contributed by atoms with Crippen molar-refractivity contribution in [1.82, 2.24) is 20.1 Å². The standard InChI is InChI=1S/C8H16N4O2P/c1-3-4-8-7-12(11-10-8)6-5-9-15(13)14-2/h7H,3-6H2,1-2H3,(H,9,13)/q+1. The Hall–Kier alpha value is -0.840. The maximum absolute atomic E-state index is 10.9. The van der Waals surface area contributed by atoms with Crippen LogP contribution in [-0.4, -0.2) is 28.6 Å². The molecule has 0 fully saturated rings. The van der Waals surface area contributed by atoms with Crippen LogP contribution in [-0.2, 0) is 22.1 Å². The first-order valence-electron chi connectivity index (χ1n) is 4.90. The van der Waals surface area contributed by atoms with Gasteiger partial charge in [0.05, 0.1) is 25.9 Å². The Morgan fingerprint density at radius 2 is 2.47 bits per heavy atom. The predicted octanol–water partition coefficient (Wildman–Crippen LogP) is 1.12.